The molecule has 1 aromatic carbocycles. The zero-order valence-electron chi connectivity index (χ0n) is 13.8. The SMILES string of the molecule is CC(C)(C)NC(=O)C(=O)NCC(C)(O)c1cc2ccccc2s1. The van der Waals surface area contributed by atoms with Crippen molar-refractivity contribution in [3.05, 3.63) is 35.2 Å². The molecule has 2 rings (SSSR count). The van der Waals surface area contributed by atoms with Crippen molar-refractivity contribution in [2.24, 2.45) is 0 Å². The standard InChI is InChI=1S/C17H22N2O3S/c1-16(2,3)19-15(21)14(20)18-10-17(4,22)13-9-11-7-5-6-8-12(11)23-13/h5-9,22H,10H2,1-4H3,(H,18,20)(H,19,21). The zero-order chi connectivity index (χ0) is 17.3. The molecule has 0 aliphatic carbocycles. The van der Waals surface area contributed by atoms with Crippen molar-refractivity contribution in [2.75, 3.05) is 6.54 Å². The van der Waals surface area contributed by atoms with E-state index < -0.39 is 23.0 Å². The van der Waals surface area contributed by atoms with Crippen LogP contribution in [0.3, 0.4) is 0 Å². The number of rotatable bonds is 3. The van der Waals surface area contributed by atoms with Gasteiger partial charge in [0, 0.05) is 15.1 Å². The highest BCUT2D eigenvalue weighted by molar-refractivity contribution is 7.19. The van der Waals surface area contributed by atoms with Gasteiger partial charge in [0.1, 0.15) is 5.60 Å². The Morgan fingerprint density at radius 3 is 2.39 bits per heavy atom. The van der Waals surface area contributed by atoms with E-state index in [1.54, 1.807) is 27.7 Å². The average molecular weight is 334 g/mol. The second-order valence-corrected chi connectivity index (χ2v) is 7.89. The van der Waals surface area contributed by atoms with Crippen molar-refractivity contribution in [1.82, 2.24) is 10.6 Å². The first kappa shape index (κ1) is 17.4. The molecule has 0 aliphatic heterocycles. The largest absolute Gasteiger partial charge is 0.383 e. The molecule has 5 nitrogen and oxygen atoms in total. The molecule has 1 heterocycles. The Balaban J connectivity index is 2.03. The van der Waals surface area contributed by atoms with Gasteiger partial charge in [-0.25, -0.2) is 0 Å². The second-order valence-electron chi connectivity index (χ2n) is 6.81. The second kappa shape index (κ2) is 6.29. The van der Waals surface area contributed by atoms with Gasteiger partial charge >= 0.3 is 11.8 Å². The fraction of sp³-hybridized carbons (Fsp3) is 0.412. The van der Waals surface area contributed by atoms with E-state index in [4.69, 9.17) is 0 Å². The number of benzene rings is 1. The van der Waals surface area contributed by atoms with Crippen molar-refractivity contribution in [2.45, 2.75) is 38.8 Å². The number of carbonyl (C=O) groups is 2. The van der Waals surface area contributed by atoms with Crippen LogP contribution in [0.4, 0.5) is 0 Å². The summed E-state index contributed by atoms with van der Waals surface area (Å²) in [6, 6.07) is 9.74. The highest BCUT2D eigenvalue weighted by atomic mass is 32.1. The van der Waals surface area contributed by atoms with E-state index in [9.17, 15) is 14.7 Å². The summed E-state index contributed by atoms with van der Waals surface area (Å²) in [4.78, 5) is 24.3. The van der Waals surface area contributed by atoms with Gasteiger partial charge in [-0.1, -0.05) is 18.2 Å². The Kier molecular flexibility index (Phi) is 4.77. The number of aliphatic hydroxyl groups is 1. The van der Waals surface area contributed by atoms with Crippen LogP contribution in [0.25, 0.3) is 10.1 Å². The third-order valence-corrected chi connectivity index (χ3v) is 4.61. The van der Waals surface area contributed by atoms with Crippen LogP contribution in [-0.4, -0.2) is 29.0 Å². The number of hydrogen-bond donors (Lipinski definition) is 3. The first-order valence-electron chi connectivity index (χ1n) is 7.40. The molecule has 3 N–H and O–H groups in total. The topological polar surface area (TPSA) is 78.4 Å². The third-order valence-electron chi connectivity index (χ3n) is 3.24. The molecular weight excluding hydrogens is 312 g/mol. The Bertz CT molecular complexity index is 696. The summed E-state index contributed by atoms with van der Waals surface area (Å²) in [6.45, 7) is 6.98. The third kappa shape index (κ3) is 4.53. The summed E-state index contributed by atoms with van der Waals surface area (Å²) < 4.78 is 1.07. The van der Waals surface area contributed by atoms with Crippen molar-refractivity contribution < 1.29 is 14.7 Å². The van der Waals surface area contributed by atoms with Gasteiger partial charge in [0.25, 0.3) is 0 Å². The molecule has 1 aromatic heterocycles. The lowest BCUT2D eigenvalue weighted by Gasteiger charge is -2.23. The molecule has 0 saturated carbocycles. The van der Waals surface area contributed by atoms with Crippen molar-refractivity contribution in [3.8, 4) is 0 Å². The van der Waals surface area contributed by atoms with E-state index >= 15 is 0 Å². The van der Waals surface area contributed by atoms with Gasteiger partial charge in [0.2, 0.25) is 0 Å². The first-order chi connectivity index (χ1) is 10.6. The van der Waals surface area contributed by atoms with Crippen LogP contribution >= 0.6 is 11.3 Å². The summed E-state index contributed by atoms with van der Waals surface area (Å²) >= 11 is 1.47. The molecule has 1 atom stereocenters. The van der Waals surface area contributed by atoms with Gasteiger partial charge in [0.05, 0.1) is 6.54 Å². The van der Waals surface area contributed by atoms with Gasteiger partial charge in [-0.3, -0.25) is 9.59 Å². The molecule has 2 aromatic rings. The number of carbonyl (C=O) groups excluding carboxylic acids is 2. The van der Waals surface area contributed by atoms with E-state index in [0.717, 1.165) is 15.0 Å². The molecule has 0 bridgehead atoms. The fourth-order valence-electron chi connectivity index (χ4n) is 2.06. The Morgan fingerprint density at radius 1 is 1.13 bits per heavy atom. The number of nitrogens with one attached hydrogen (secondary N) is 2. The lowest BCUT2D eigenvalue weighted by molar-refractivity contribution is -0.140. The maximum atomic E-state index is 11.8. The first-order valence-corrected chi connectivity index (χ1v) is 8.22. The molecule has 0 aliphatic rings. The molecule has 2 amide bonds. The van der Waals surface area contributed by atoms with E-state index in [1.165, 1.54) is 11.3 Å². The van der Waals surface area contributed by atoms with Gasteiger partial charge in [0.15, 0.2) is 0 Å². The molecular formula is C17H22N2O3S. The van der Waals surface area contributed by atoms with Crippen LogP contribution in [0.5, 0.6) is 0 Å². The maximum absolute atomic E-state index is 11.8. The summed E-state index contributed by atoms with van der Waals surface area (Å²) in [5.74, 6) is -1.45. The van der Waals surface area contributed by atoms with Gasteiger partial charge in [-0.15, -0.1) is 11.3 Å². The normalized spacial score (nSPS) is 14.3. The lowest BCUT2D eigenvalue weighted by atomic mass is 10.0. The minimum Gasteiger partial charge on any atom is -0.383 e. The Morgan fingerprint density at radius 2 is 1.78 bits per heavy atom. The fourth-order valence-corrected chi connectivity index (χ4v) is 3.17. The van der Waals surface area contributed by atoms with E-state index in [-0.39, 0.29) is 6.54 Å². The lowest BCUT2D eigenvalue weighted by Crippen LogP contribution is -2.50. The predicted molar refractivity (Wildman–Crippen MR) is 92.3 cm³/mol. The number of amides is 2. The molecule has 0 radical (unpaired) electrons. The number of fused-ring (bicyclic) bond motifs is 1. The highest BCUT2D eigenvalue weighted by Crippen LogP contribution is 2.32. The highest BCUT2D eigenvalue weighted by Gasteiger charge is 2.28. The molecule has 0 saturated heterocycles. The van der Waals surface area contributed by atoms with Crippen LogP contribution < -0.4 is 10.6 Å². The van der Waals surface area contributed by atoms with Gasteiger partial charge < -0.3 is 15.7 Å². The smallest absolute Gasteiger partial charge is 0.309 e. The van der Waals surface area contributed by atoms with E-state index in [1.807, 2.05) is 30.3 Å². The Labute approximate surface area is 139 Å². The molecule has 1 unspecified atom stereocenters. The maximum Gasteiger partial charge on any atom is 0.309 e. The van der Waals surface area contributed by atoms with Crippen molar-refractivity contribution in [3.63, 3.8) is 0 Å². The van der Waals surface area contributed by atoms with Crippen LogP contribution in [0.15, 0.2) is 30.3 Å². The summed E-state index contributed by atoms with van der Waals surface area (Å²) in [7, 11) is 0. The van der Waals surface area contributed by atoms with Crippen molar-refractivity contribution in [1.29, 1.82) is 0 Å². The van der Waals surface area contributed by atoms with Crippen molar-refractivity contribution >= 4 is 33.2 Å². The minimum atomic E-state index is -1.23. The quantitative estimate of drug-likeness (QED) is 0.753. The molecule has 0 fully saturated rings. The number of hydrogen-bond acceptors (Lipinski definition) is 4. The average Bonchev–Trinajstić information content (AvgIpc) is 2.87. The zero-order valence-corrected chi connectivity index (χ0v) is 14.6. The molecule has 0 spiro atoms. The van der Waals surface area contributed by atoms with Gasteiger partial charge in [-0.05, 0) is 45.2 Å². The molecule has 6 heteroatoms. The van der Waals surface area contributed by atoms with E-state index in [0.29, 0.717) is 0 Å². The summed E-state index contributed by atoms with van der Waals surface area (Å²) in [5, 5.41) is 16.7. The van der Waals surface area contributed by atoms with E-state index in [2.05, 4.69) is 10.6 Å². The van der Waals surface area contributed by atoms with Crippen LogP contribution in [0, 0.1) is 0 Å². The van der Waals surface area contributed by atoms with Crippen LogP contribution in [-0.2, 0) is 15.2 Å². The molecule has 23 heavy (non-hydrogen) atoms. The van der Waals surface area contributed by atoms with Crippen LogP contribution in [0.2, 0.25) is 0 Å². The van der Waals surface area contributed by atoms with Crippen LogP contribution in [0.1, 0.15) is 32.6 Å². The number of thiophene rings is 1. The van der Waals surface area contributed by atoms with Gasteiger partial charge in [-0.2, -0.15) is 0 Å². The Hall–Kier alpha value is -1.92. The molecule has 124 valence electrons. The minimum absolute atomic E-state index is 0.0315. The summed E-state index contributed by atoms with van der Waals surface area (Å²) in [5.41, 5.74) is -1.72. The monoisotopic (exact) mass is 334 g/mol. The predicted octanol–water partition coefficient (Wildman–Crippen LogP) is 2.14. The summed E-state index contributed by atoms with van der Waals surface area (Å²) in [6.07, 6.45) is 0.